The van der Waals surface area contributed by atoms with E-state index in [0.717, 1.165) is 42.3 Å². The van der Waals surface area contributed by atoms with E-state index in [2.05, 4.69) is 26.6 Å². The minimum absolute atomic E-state index is 0.0852. The van der Waals surface area contributed by atoms with E-state index in [-0.39, 0.29) is 17.7 Å². The molecule has 114 valence electrons. The van der Waals surface area contributed by atoms with Crippen LogP contribution in [0.3, 0.4) is 0 Å². The van der Waals surface area contributed by atoms with E-state index < -0.39 is 0 Å². The molecule has 0 aliphatic heterocycles. The van der Waals surface area contributed by atoms with Crippen molar-refractivity contribution in [2.75, 3.05) is 10.6 Å². The van der Waals surface area contributed by atoms with Crippen LogP contribution in [0.1, 0.15) is 37.7 Å². The number of carbonyl (C=O) groups excluding carboxylic acids is 2. The Hall–Kier alpha value is -1.36. The lowest BCUT2D eigenvalue weighted by atomic mass is 10.2. The SMILES string of the molecule is O=C(CCCCBr)NCc1ccc(NC(=O)C2CC2)cc1. The number of unbranched alkanes of at least 4 members (excludes halogenated alkanes) is 1. The lowest BCUT2D eigenvalue weighted by Gasteiger charge is -2.07. The van der Waals surface area contributed by atoms with Crippen LogP contribution in [-0.2, 0) is 16.1 Å². The van der Waals surface area contributed by atoms with E-state index in [4.69, 9.17) is 0 Å². The molecule has 21 heavy (non-hydrogen) atoms. The van der Waals surface area contributed by atoms with Gasteiger partial charge in [0.15, 0.2) is 0 Å². The van der Waals surface area contributed by atoms with Gasteiger partial charge in [0.1, 0.15) is 0 Å². The highest BCUT2D eigenvalue weighted by atomic mass is 79.9. The van der Waals surface area contributed by atoms with Crippen molar-refractivity contribution in [3.8, 4) is 0 Å². The molecule has 1 aromatic carbocycles. The second kappa shape index (κ2) is 8.17. The number of halogens is 1. The molecule has 4 nitrogen and oxygen atoms in total. The molecule has 1 aliphatic rings. The summed E-state index contributed by atoms with van der Waals surface area (Å²) in [4.78, 5) is 23.2. The van der Waals surface area contributed by atoms with E-state index in [1.807, 2.05) is 24.3 Å². The Kier molecular flexibility index (Phi) is 6.23. The molecule has 0 bridgehead atoms. The number of amides is 2. The van der Waals surface area contributed by atoms with Crippen LogP contribution in [0.5, 0.6) is 0 Å². The molecule has 0 saturated heterocycles. The van der Waals surface area contributed by atoms with Crippen molar-refractivity contribution in [2.24, 2.45) is 5.92 Å². The van der Waals surface area contributed by atoms with E-state index in [1.54, 1.807) is 0 Å². The number of hydrogen-bond acceptors (Lipinski definition) is 2. The summed E-state index contributed by atoms with van der Waals surface area (Å²) in [6.45, 7) is 0.532. The Morgan fingerprint density at radius 3 is 2.48 bits per heavy atom. The fraction of sp³-hybridized carbons (Fsp3) is 0.500. The zero-order valence-electron chi connectivity index (χ0n) is 12.0. The Bertz CT molecular complexity index is 484. The molecule has 2 rings (SSSR count). The zero-order valence-corrected chi connectivity index (χ0v) is 13.6. The van der Waals surface area contributed by atoms with Crippen molar-refractivity contribution in [3.05, 3.63) is 29.8 Å². The van der Waals surface area contributed by atoms with E-state index in [9.17, 15) is 9.59 Å². The molecule has 0 unspecified atom stereocenters. The Morgan fingerprint density at radius 2 is 1.86 bits per heavy atom. The molecule has 2 amide bonds. The van der Waals surface area contributed by atoms with E-state index in [1.165, 1.54) is 0 Å². The highest BCUT2D eigenvalue weighted by Crippen LogP contribution is 2.30. The molecule has 1 aromatic rings. The summed E-state index contributed by atoms with van der Waals surface area (Å²) in [6.07, 6.45) is 4.50. The topological polar surface area (TPSA) is 58.2 Å². The summed E-state index contributed by atoms with van der Waals surface area (Å²) in [7, 11) is 0. The van der Waals surface area contributed by atoms with Crippen LogP contribution in [0.25, 0.3) is 0 Å². The summed E-state index contributed by atoms with van der Waals surface area (Å²) in [5.74, 6) is 0.411. The number of rotatable bonds is 8. The molecule has 1 aliphatic carbocycles. The van der Waals surface area contributed by atoms with Crippen LogP contribution in [0.2, 0.25) is 0 Å². The number of anilines is 1. The highest BCUT2D eigenvalue weighted by molar-refractivity contribution is 9.09. The highest BCUT2D eigenvalue weighted by Gasteiger charge is 2.29. The number of carbonyl (C=O) groups is 2. The second-order valence-corrected chi connectivity index (χ2v) is 6.18. The monoisotopic (exact) mass is 352 g/mol. The van der Waals surface area contributed by atoms with Crippen LogP contribution >= 0.6 is 15.9 Å². The molecular formula is C16H21BrN2O2. The summed E-state index contributed by atoms with van der Waals surface area (Å²) in [6, 6.07) is 7.63. The van der Waals surface area contributed by atoms with Crippen molar-refractivity contribution >= 4 is 33.4 Å². The molecule has 1 saturated carbocycles. The molecule has 0 aromatic heterocycles. The Balaban J connectivity index is 1.71. The van der Waals surface area contributed by atoms with Gasteiger partial charge in [-0.3, -0.25) is 9.59 Å². The van der Waals surface area contributed by atoms with Gasteiger partial charge in [0, 0.05) is 29.9 Å². The maximum atomic E-state index is 11.6. The second-order valence-electron chi connectivity index (χ2n) is 5.38. The van der Waals surface area contributed by atoms with Crippen molar-refractivity contribution in [1.29, 1.82) is 0 Å². The van der Waals surface area contributed by atoms with Gasteiger partial charge in [-0.25, -0.2) is 0 Å². The van der Waals surface area contributed by atoms with Crippen molar-refractivity contribution in [1.82, 2.24) is 5.32 Å². The molecule has 0 heterocycles. The van der Waals surface area contributed by atoms with Gasteiger partial charge in [0.25, 0.3) is 0 Å². The quantitative estimate of drug-likeness (QED) is 0.557. The van der Waals surface area contributed by atoms with Gasteiger partial charge in [-0.15, -0.1) is 0 Å². The number of hydrogen-bond donors (Lipinski definition) is 2. The minimum Gasteiger partial charge on any atom is -0.352 e. The standard InChI is InChI=1S/C16H21BrN2O2/c17-10-2-1-3-15(20)18-11-12-4-8-14(9-5-12)19-16(21)13-6-7-13/h4-5,8-9,13H,1-3,6-7,10-11H2,(H,18,20)(H,19,21). The maximum absolute atomic E-state index is 11.6. The van der Waals surface area contributed by atoms with Crippen LogP contribution in [0, 0.1) is 5.92 Å². The van der Waals surface area contributed by atoms with Gasteiger partial charge >= 0.3 is 0 Å². The first-order valence-electron chi connectivity index (χ1n) is 7.41. The van der Waals surface area contributed by atoms with Crippen LogP contribution < -0.4 is 10.6 Å². The minimum atomic E-state index is 0.0852. The maximum Gasteiger partial charge on any atom is 0.227 e. The van der Waals surface area contributed by atoms with E-state index in [0.29, 0.717) is 13.0 Å². The van der Waals surface area contributed by atoms with Gasteiger partial charge in [-0.05, 0) is 43.4 Å². The first-order chi connectivity index (χ1) is 10.2. The first kappa shape index (κ1) is 16.0. The van der Waals surface area contributed by atoms with Gasteiger partial charge in [0.05, 0.1) is 0 Å². The number of benzene rings is 1. The largest absolute Gasteiger partial charge is 0.352 e. The third-order valence-electron chi connectivity index (χ3n) is 3.45. The zero-order chi connectivity index (χ0) is 15.1. The third kappa shape index (κ3) is 5.87. The fourth-order valence-corrected chi connectivity index (χ4v) is 2.36. The summed E-state index contributed by atoms with van der Waals surface area (Å²) < 4.78 is 0. The number of alkyl halides is 1. The van der Waals surface area contributed by atoms with Crippen molar-refractivity contribution < 1.29 is 9.59 Å². The first-order valence-corrected chi connectivity index (χ1v) is 8.53. The van der Waals surface area contributed by atoms with Gasteiger partial charge in [0.2, 0.25) is 11.8 Å². The Labute approximate surface area is 133 Å². The normalized spacial score (nSPS) is 13.8. The molecular weight excluding hydrogens is 332 g/mol. The lowest BCUT2D eigenvalue weighted by Crippen LogP contribution is -2.22. The van der Waals surface area contributed by atoms with Gasteiger partial charge in [-0.1, -0.05) is 28.1 Å². The number of nitrogens with one attached hydrogen (secondary N) is 2. The molecule has 0 spiro atoms. The Morgan fingerprint density at radius 1 is 1.14 bits per heavy atom. The summed E-state index contributed by atoms with van der Waals surface area (Å²) in [5, 5.41) is 6.74. The smallest absolute Gasteiger partial charge is 0.227 e. The summed E-state index contributed by atoms with van der Waals surface area (Å²) in [5.41, 5.74) is 1.85. The molecule has 0 radical (unpaired) electrons. The summed E-state index contributed by atoms with van der Waals surface area (Å²) >= 11 is 3.35. The predicted octanol–water partition coefficient (Wildman–Crippen LogP) is 3.22. The lowest BCUT2D eigenvalue weighted by molar-refractivity contribution is -0.121. The molecule has 1 fully saturated rings. The van der Waals surface area contributed by atoms with Gasteiger partial charge in [-0.2, -0.15) is 0 Å². The van der Waals surface area contributed by atoms with Crippen LogP contribution in [0.15, 0.2) is 24.3 Å². The molecule has 5 heteroatoms. The average Bonchev–Trinajstić information content (AvgIpc) is 3.31. The predicted molar refractivity (Wildman–Crippen MR) is 87.3 cm³/mol. The van der Waals surface area contributed by atoms with Crippen molar-refractivity contribution in [2.45, 2.75) is 38.6 Å². The average molecular weight is 353 g/mol. The molecule has 0 atom stereocenters. The van der Waals surface area contributed by atoms with Crippen LogP contribution in [0.4, 0.5) is 5.69 Å². The fourth-order valence-electron chi connectivity index (χ4n) is 1.96. The molecule has 2 N–H and O–H groups in total. The van der Waals surface area contributed by atoms with Gasteiger partial charge < -0.3 is 10.6 Å². The van der Waals surface area contributed by atoms with E-state index >= 15 is 0 Å². The van der Waals surface area contributed by atoms with Crippen LogP contribution in [-0.4, -0.2) is 17.1 Å². The third-order valence-corrected chi connectivity index (χ3v) is 4.01. The van der Waals surface area contributed by atoms with Crippen molar-refractivity contribution in [3.63, 3.8) is 0 Å².